The van der Waals surface area contributed by atoms with Crippen LogP contribution in [-0.4, -0.2) is 34.6 Å². The molecule has 0 saturated heterocycles. The first-order valence-corrected chi connectivity index (χ1v) is 5.58. The fourth-order valence-electron chi connectivity index (χ4n) is 1.49. The minimum absolute atomic E-state index is 0.0483. The Morgan fingerprint density at radius 1 is 1.56 bits per heavy atom. The normalized spacial score (nSPS) is 12.5. The molecule has 1 rings (SSSR count). The second kappa shape index (κ2) is 5.70. The Bertz CT molecular complexity index is 345. The SMILES string of the molecule is CCCC(O)c1ccn(CC(=O)N(C)C)c1. The monoisotopic (exact) mass is 224 g/mol. The number of aliphatic hydroxyl groups excluding tert-OH is 1. The van der Waals surface area contributed by atoms with E-state index in [0.29, 0.717) is 6.54 Å². The van der Waals surface area contributed by atoms with E-state index in [1.54, 1.807) is 23.6 Å². The number of carbonyl (C=O) groups is 1. The van der Waals surface area contributed by atoms with Gasteiger partial charge in [0.2, 0.25) is 5.91 Å². The largest absolute Gasteiger partial charge is 0.388 e. The van der Waals surface area contributed by atoms with Gasteiger partial charge in [0.1, 0.15) is 6.54 Å². The molecule has 16 heavy (non-hydrogen) atoms. The first kappa shape index (κ1) is 12.8. The van der Waals surface area contributed by atoms with E-state index >= 15 is 0 Å². The van der Waals surface area contributed by atoms with Crippen LogP contribution >= 0.6 is 0 Å². The van der Waals surface area contributed by atoms with Gasteiger partial charge in [0, 0.05) is 26.5 Å². The second-order valence-corrected chi connectivity index (χ2v) is 4.21. The number of aromatic nitrogens is 1. The summed E-state index contributed by atoms with van der Waals surface area (Å²) in [6, 6.07) is 1.86. The van der Waals surface area contributed by atoms with Gasteiger partial charge in [0.05, 0.1) is 6.10 Å². The molecule has 1 N–H and O–H groups in total. The quantitative estimate of drug-likeness (QED) is 0.822. The van der Waals surface area contributed by atoms with Crippen molar-refractivity contribution in [3.05, 3.63) is 24.0 Å². The molecular weight excluding hydrogens is 204 g/mol. The van der Waals surface area contributed by atoms with Gasteiger partial charge in [0.15, 0.2) is 0 Å². The molecule has 0 aliphatic carbocycles. The third-order valence-corrected chi connectivity index (χ3v) is 2.54. The van der Waals surface area contributed by atoms with E-state index < -0.39 is 6.10 Å². The van der Waals surface area contributed by atoms with Crippen LogP contribution in [-0.2, 0) is 11.3 Å². The molecule has 4 nitrogen and oxygen atoms in total. The van der Waals surface area contributed by atoms with Gasteiger partial charge >= 0.3 is 0 Å². The highest BCUT2D eigenvalue weighted by Gasteiger charge is 2.10. The lowest BCUT2D eigenvalue weighted by atomic mass is 10.1. The van der Waals surface area contributed by atoms with Crippen LogP contribution in [0, 0.1) is 0 Å². The zero-order chi connectivity index (χ0) is 12.1. The van der Waals surface area contributed by atoms with Crippen molar-refractivity contribution in [3.8, 4) is 0 Å². The Morgan fingerprint density at radius 3 is 2.81 bits per heavy atom. The summed E-state index contributed by atoms with van der Waals surface area (Å²) in [7, 11) is 3.47. The van der Waals surface area contributed by atoms with E-state index in [-0.39, 0.29) is 5.91 Å². The number of carbonyl (C=O) groups excluding carboxylic acids is 1. The van der Waals surface area contributed by atoms with Gasteiger partial charge in [-0.25, -0.2) is 0 Å². The number of likely N-dealkylation sites (N-methyl/N-ethyl adjacent to an activating group) is 1. The Morgan fingerprint density at radius 2 is 2.25 bits per heavy atom. The topological polar surface area (TPSA) is 45.5 Å². The maximum Gasteiger partial charge on any atom is 0.241 e. The molecule has 1 atom stereocenters. The van der Waals surface area contributed by atoms with Crippen LogP contribution in [0.3, 0.4) is 0 Å². The van der Waals surface area contributed by atoms with Crippen molar-refractivity contribution < 1.29 is 9.90 Å². The van der Waals surface area contributed by atoms with Gasteiger partial charge in [-0.05, 0) is 18.1 Å². The fourth-order valence-corrected chi connectivity index (χ4v) is 1.49. The van der Waals surface area contributed by atoms with Crippen molar-refractivity contribution in [2.45, 2.75) is 32.4 Å². The summed E-state index contributed by atoms with van der Waals surface area (Å²) in [5, 5.41) is 9.77. The maximum absolute atomic E-state index is 11.5. The van der Waals surface area contributed by atoms with E-state index in [4.69, 9.17) is 0 Å². The number of amides is 1. The Labute approximate surface area is 96.5 Å². The molecule has 0 aliphatic heterocycles. The van der Waals surface area contributed by atoms with Crippen molar-refractivity contribution in [3.63, 3.8) is 0 Å². The Kier molecular flexibility index (Phi) is 4.55. The predicted molar refractivity (Wildman–Crippen MR) is 63.0 cm³/mol. The summed E-state index contributed by atoms with van der Waals surface area (Å²) in [5.41, 5.74) is 0.883. The van der Waals surface area contributed by atoms with Crippen molar-refractivity contribution in [1.82, 2.24) is 9.47 Å². The lowest BCUT2D eigenvalue weighted by Crippen LogP contribution is -2.25. The number of rotatable bonds is 5. The van der Waals surface area contributed by atoms with E-state index in [2.05, 4.69) is 0 Å². The molecule has 0 aromatic carbocycles. The minimum atomic E-state index is -0.416. The molecule has 4 heteroatoms. The van der Waals surface area contributed by atoms with Crippen LogP contribution in [0.15, 0.2) is 18.5 Å². The average molecular weight is 224 g/mol. The van der Waals surface area contributed by atoms with Gasteiger partial charge in [0.25, 0.3) is 0 Å². The molecule has 0 saturated carbocycles. The molecule has 0 bridgehead atoms. The number of hydrogen-bond donors (Lipinski definition) is 1. The summed E-state index contributed by atoms with van der Waals surface area (Å²) in [6.07, 6.45) is 4.95. The first-order chi connectivity index (χ1) is 7.54. The van der Waals surface area contributed by atoms with Crippen LogP contribution in [0.4, 0.5) is 0 Å². The van der Waals surface area contributed by atoms with Crippen molar-refractivity contribution in [2.24, 2.45) is 0 Å². The molecule has 0 fully saturated rings. The van der Waals surface area contributed by atoms with Gasteiger partial charge in [-0.1, -0.05) is 13.3 Å². The van der Waals surface area contributed by atoms with Crippen LogP contribution in [0.25, 0.3) is 0 Å². The van der Waals surface area contributed by atoms with Gasteiger partial charge in [-0.15, -0.1) is 0 Å². The number of nitrogens with zero attached hydrogens (tertiary/aromatic N) is 2. The summed E-state index contributed by atoms with van der Waals surface area (Å²) in [6.45, 7) is 2.36. The highest BCUT2D eigenvalue weighted by molar-refractivity contribution is 5.75. The fraction of sp³-hybridized carbons (Fsp3) is 0.583. The van der Waals surface area contributed by atoms with Crippen LogP contribution < -0.4 is 0 Å². The second-order valence-electron chi connectivity index (χ2n) is 4.21. The Balaban J connectivity index is 2.61. The molecule has 90 valence electrons. The van der Waals surface area contributed by atoms with Gasteiger partial charge in [-0.3, -0.25) is 4.79 Å². The molecule has 0 radical (unpaired) electrons. The van der Waals surface area contributed by atoms with Gasteiger partial charge in [-0.2, -0.15) is 0 Å². The Hall–Kier alpha value is -1.29. The summed E-state index contributed by atoms with van der Waals surface area (Å²) < 4.78 is 1.80. The molecule has 0 spiro atoms. The first-order valence-electron chi connectivity index (χ1n) is 5.58. The van der Waals surface area contributed by atoms with E-state index in [1.165, 1.54) is 0 Å². The summed E-state index contributed by atoms with van der Waals surface area (Å²) >= 11 is 0. The predicted octanol–water partition coefficient (Wildman–Crippen LogP) is 1.41. The van der Waals surface area contributed by atoms with Crippen LogP contribution in [0.1, 0.15) is 31.4 Å². The highest BCUT2D eigenvalue weighted by Crippen LogP contribution is 2.18. The van der Waals surface area contributed by atoms with Crippen LogP contribution in [0.2, 0.25) is 0 Å². The van der Waals surface area contributed by atoms with Crippen molar-refractivity contribution >= 4 is 5.91 Å². The molecule has 1 aromatic heterocycles. The molecule has 1 heterocycles. The third kappa shape index (κ3) is 3.38. The van der Waals surface area contributed by atoms with Crippen LogP contribution in [0.5, 0.6) is 0 Å². The molecule has 1 aromatic rings. The summed E-state index contributed by atoms with van der Waals surface area (Å²) in [4.78, 5) is 13.0. The number of aliphatic hydroxyl groups is 1. The highest BCUT2D eigenvalue weighted by atomic mass is 16.3. The molecular formula is C12H20N2O2. The minimum Gasteiger partial charge on any atom is -0.388 e. The zero-order valence-corrected chi connectivity index (χ0v) is 10.2. The number of hydrogen-bond acceptors (Lipinski definition) is 2. The summed E-state index contributed by atoms with van der Waals surface area (Å²) in [5.74, 6) is 0.0483. The third-order valence-electron chi connectivity index (χ3n) is 2.54. The molecule has 1 unspecified atom stereocenters. The van der Waals surface area contributed by atoms with Gasteiger partial charge < -0.3 is 14.6 Å². The van der Waals surface area contributed by atoms with Crippen molar-refractivity contribution in [1.29, 1.82) is 0 Å². The van der Waals surface area contributed by atoms with E-state index in [0.717, 1.165) is 18.4 Å². The molecule has 1 amide bonds. The molecule has 0 aliphatic rings. The van der Waals surface area contributed by atoms with Crippen molar-refractivity contribution in [2.75, 3.05) is 14.1 Å². The zero-order valence-electron chi connectivity index (χ0n) is 10.2. The maximum atomic E-state index is 11.5. The van der Waals surface area contributed by atoms with E-state index in [9.17, 15) is 9.90 Å². The lowest BCUT2D eigenvalue weighted by Gasteiger charge is -2.10. The average Bonchev–Trinajstić information content (AvgIpc) is 2.66. The van der Waals surface area contributed by atoms with E-state index in [1.807, 2.05) is 25.4 Å². The lowest BCUT2D eigenvalue weighted by molar-refractivity contribution is -0.129. The standard InChI is InChI=1S/C12H20N2O2/c1-4-5-11(15)10-6-7-14(8-10)9-12(16)13(2)3/h6-8,11,15H,4-5,9H2,1-3H3. The smallest absolute Gasteiger partial charge is 0.241 e.